The fourth-order valence-electron chi connectivity index (χ4n) is 4.09. The zero-order chi connectivity index (χ0) is 23.0. The van der Waals surface area contributed by atoms with Crippen molar-refractivity contribution in [3.8, 4) is 5.75 Å². The Morgan fingerprint density at radius 3 is 2.88 bits per heavy atom. The SMILES string of the molecule is CC1=N/C(=C2/CN(C(=O)c3ccc(F)cc3OCC3CC(F)CN3)CC2N)NC(C)=C1Cl. The molecule has 0 spiro atoms. The van der Waals surface area contributed by atoms with Crippen molar-refractivity contribution in [2.24, 2.45) is 10.7 Å². The second-order valence-electron chi connectivity index (χ2n) is 8.32. The van der Waals surface area contributed by atoms with E-state index in [2.05, 4.69) is 15.6 Å². The van der Waals surface area contributed by atoms with Crippen molar-refractivity contribution < 1.29 is 18.3 Å². The van der Waals surface area contributed by atoms with Crippen LogP contribution in [0.25, 0.3) is 0 Å². The number of alkyl halides is 1. The van der Waals surface area contributed by atoms with Crippen LogP contribution in [0, 0.1) is 5.82 Å². The molecular weight excluding hydrogens is 440 g/mol. The van der Waals surface area contributed by atoms with Crippen LogP contribution in [0.2, 0.25) is 0 Å². The number of halogens is 3. The molecule has 10 heteroatoms. The van der Waals surface area contributed by atoms with Crippen molar-refractivity contribution in [1.82, 2.24) is 15.5 Å². The summed E-state index contributed by atoms with van der Waals surface area (Å²) in [6.45, 7) is 4.62. The molecule has 1 aromatic carbocycles. The van der Waals surface area contributed by atoms with Crippen LogP contribution in [0.3, 0.4) is 0 Å². The number of likely N-dealkylation sites (tertiary alicyclic amines) is 1. The molecule has 3 atom stereocenters. The minimum Gasteiger partial charge on any atom is -0.491 e. The first-order valence-corrected chi connectivity index (χ1v) is 10.9. The summed E-state index contributed by atoms with van der Waals surface area (Å²) >= 11 is 6.20. The molecule has 3 heterocycles. The van der Waals surface area contributed by atoms with Crippen LogP contribution in [0.4, 0.5) is 8.78 Å². The maximum atomic E-state index is 13.9. The van der Waals surface area contributed by atoms with Gasteiger partial charge in [-0.3, -0.25) is 4.79 Å². The molecule has 4 rings (SSSR count). The molecule has 4 N–H and O–H groups in total. The molecule has 172 valence electrons. The molecule has 0 bridgehead atoms. The lowest BCUT2D eigenvalue weighted by Crippen LogP contribution is -2.33. The summed E-state index contributed by atoms with van der Waals surface area (Å²) in [6.07, 6.45) is -0.607. The van der Waals surface area contributed by atoms with Crippen LogP contribution in [0.1, 0.15) is 30.6 Å². The number of hydrogen-bond donors (Lipinski definition) is 3. The van der Waals surface area contributed by atoms with Crippen molar-refractivity contribution in [1.29, 1.82) is 0 Å². The van der Waals surface area contributed by atoms with E-state index in [4.69, 9.17) is 22.1 Å². The molecule has 3 aliphatic rings. The Hall–Kier alpha value is -2.49. The maximum Gasteiger partial charge on any atom is 0.257 e. The van der Waals surface area contributed by atoms with Crippen molar-refractivity contribution in [3.05, 3.63) is 51.7 Å². The monoisotopic (exact) mass is 465 g/mol. The summed E-state index contributed by atoms with van der Waals surface area (Å²) in [7, 11) is 0. The summed E-state index contributed by atoms with van der Waals surface area (Å²) in [5.74, 6) is -0.119. The van der Waals surface area contributed by atoms with Crippen molar-refractivity contribution in [2.45, 2.75) is 38.5 Å². The summed E-state index contributed by atoms with van der Waals surface area (Å²) < 4.78 is 33.0. The first-order valence-electron chi connectivity index (χ1n) is 10.5. The van der Waals surface area contributed by atoms with Gasteiger partial charge in [0.05, 0.1) is 16.3 Å². The van der Waals surface area contributed by atoms with Gasteiger partial charge >= 0.3 is 0 Å². The number of ether oxygens (including phenoxy) is 1. The highest BCUT2D eigenvalue weighted by Crippen LogP contribution is 2.28. The summed E-state index contributed by atoms with van der Waals surface area (Å²) in [4.78, 5) is 19.3. The number of nitrogens with one attached hydrogen (secondary N) is 2. The van der Waals surface area contributed by atoms with Gasteiger partial charge in [0, 0.05) is 49.1 Å². The van der Waals surface area contributed by atoms with Gasteiger partial charge in [-0.2, -0.15) is 0 Å². The molecule has 1 amide bonds. The second kappa shape index (κ2) is 9.17. The quantitative estimate of drug-likeness (QED) is 0.635. The molecule has 32 heavy (non-hydrogen) atoms. The highest BCUT2D eigenvalue weighted by atomic mass is 35.5. The van der Waals surface area contributed by atoms with Gasteiger partial charge in [-0.05, 0) is 32.4 Å². The first kappa shape index (κ1) is 22.7. The predicted molar refractivity (Wildman–Crippen MR) is 119 cm³/mol. The summed E-state index contributed by atoms with van der Waals surface area (Å²) in [5, 5.41) is 6.71. The van der Waals surface area contributed by atoms with Gasteiger partial charge in [-0.15, -0.1) is 0 Å². The van der Waals surface area contributed by atoms with Crippen LogP contribution in [-0.4, -0.2) is 61.0 Å². The van der Waals surface area contributed by atoms with Crippen LogP contribution in [-0.2, 0) is 0 Å². The predicted octanol–water partition coefficient (Wildman–Crippen LogP) is 2.43. The van der Waals surface area contributed by atoms with Gasteiger partial charge in [0.25, 0.3) is 5.91 Å². The van der Waals surface area contributed by atoms with Crippen LogP contribution in [0.5, 0.6) is 5.75 Å². The molecule has 0 aromatic heterocycles. The largest absolute Gasteiger partial charge is 0.491 e. The molecule has 0 radical (unpaired) electrons. The fraction of sp³-hybridized carbons (Fsp3) is 0.455. The number of nitrogens with zero attached hydrogens (tertiary/aromatic N) is 2. The second-order valence-corrected chi connectivity index (χ2v) is 8.69. The average Bonchev–Trinajstić information content (AvgIpc) is 3.35. The van der Waals surface area contributed by atoms with Crippen molar-refractivity contribution in [2.75, 3.05) is 26.2 Å². The molecule has 0 aliphatic carbocycles. The van der Waals surface area contributed by atoms with E-state index < -0.39 is 18.0 Å². The van der Waals surface area contributed by atoms with Gasteiger partial charge in [0.15, 0.2) is 0 Å². The number of amides is 1. The maximum absolute atomic E-state index is 13.9. The van der Waals surface area contributed by atoms with Crippen molar-refractivity contribution in [3.63, 3.8) is 0 Å². The topological polar surface area (TPSA) is 92.0 Å². The Bertz CT molecular complexity index is 1030. The minimum atomic E-state index is -0.928. The summed E-state index contributed by atoms with van der Waals surface area (Å²) in [6, 6.07) is 3.20. The molecule has 1 aromatic rings. The third-order valence-corrected chi connectivity index (χ3v) is 6.39. The first-order chi connectivity index (χ1) is 15.2. The molecule has 2 saturated heterocycles. The van der Waals surface area contributed by atoms with E-state index in [-0.39, 0.29) is 49.5 Å². The van der Waals surface area contributed by atoms with E-state index in [1.165, 1.54) is 18.2 Å². The normalized spacial score (nSPS) is 28.1. The fourth-order valence-corrected chi connectivity index (χ4v) is 4.18. The lowest BCUT2D eigenvalue weighted by atomic mass is 10.1. The Balaban J connectivity index is 1.52. The van der Waals surface area contributed by atoms with Gasteiger partial charge in [0.1, 0.15) is 30.2 Å². The molecule has 3 aliphatic heterocycles. The number of rotatable bonds is 4. The summed E-state index contributed by atoms with van der Waals surface area (Å²) in [5.41, 5.74) is 8.77. The van der Waals surface area contributed by atoms with Crippen molar-refractivity contribution >= 4 is 23.2 Å². The van der Waals surface area contributed by atoms with E-state index >= 15 is 0 Å². The lowest BCUT2D eigenvalue weighted by molar-refractivity contribution is 0.0788. The molecule has 2 fully saturated rings. The number of aliphatic imine (C=N–C) groups is 1. The highest BCUT2D eigenvalue weighted by Gasteiger charge is 2.33. The van der Waals surface area contributed by atoms with Crippen LogP contribution < -0.4 is 21.1 Å². The Morgan fingerprint density at radius 2 is 2.19 bits per heavy atom. The third kappa shape index (κ3) is 4.65. The van der Waals surface area contributed by atoms with Gasteiger partial charge in [-0.1, -0.05) is 11.6 Å². The lowest BCUT2D eigenvalue weighted by Gasteiger charge is -2.20. The van der Waals surface area contributed by atoms with Gasteiger partial charge < -0.3 is 26.0 Å². The Kier molecular flexibility index (Phi) is 6.50. The number of hydrogen-bond acceptors (Lipinski definition) is 6. The molecule has 3 unspecified atom stereocenters. The Morgan fingerprint density at radius 1 is 1.41 bits per heavy atom. The van der Waals surface area contributed by atoms with E-state index in [0.29, 0.717) is 23.0 Å². The van der Waals surface area contributed by atoms with E-state index in [0.717, 1.165) is 11.3 Å². The zero-order valence-electron chi connectivity index (χ0n) is 17.9. The smallest absolute Gasteiger partial charge is 0.257 e. The molecule has 0 saturated carbocycles. The Labute approximate surface area is 190 Å². The zero-order valence-corrected chi connectivity index (χ0v) is 18.7. The van der Waals surface area contributed by atoms with E-state index in [9.17, 15) is 13.6 Å². The van der Waals surface area contributed by atoms with E-state index in [1.807, 2.05) is 13.8 Å². The number of allylic oxidation sites excluding steroid dienone is 2. The molecular formula is C22H26ClF2N5O2. The van der Waals surface area contributed by atoms with Crippen LogP contribution in [0.15, 0.2) is 45.3 Å². The molecule has 7 nitrogen and oxygen atoms in total. The van der Waals surface area contributed by atoms with E-state index in [1.54, 1.807) is 4.90 Å². The number of carbonyl (C=O) groups is 1. The van der Waals surface area contributed by atoms with Gasteiger partial charge in [-0.25, -0.2) is 13.8 Å². The third-order valence-electron chi connectivity index (χ3n) is 5.83. The number of benzene rings is 1. The number of nitrogens with two attached hydrogens (primary N) is 1. The van der Waals surface area contributed by atoms with Crippen LogP contribution >= 0.6 is 11.6 Å². The standard InChI is InChI=1S/C22H26ClF2N5O2/c1-11-20(23)12(2)29-21(28-11)17-8-30(9-18(17)26)22(31)16-4-3-13(24)6-19(16)32-10-15-5-14(25)7-27-15/h3-4,6,14-15,18,27-28H,5,7-10,26H2,1-2H3/b21-17-. The van der Waals surface area contributed by atoms with Gasteiger partial charge in [0.2, 0.25) is 0 Å². The highest BCUT2D eigenvalue weighted by molar-refractivity contribution is 6.43. The number of carbonyl (C=O) groups excluding carboxylic acids is 1. The average molecular weight is 466 g/mol. The minimum absolute atomic E-state index is 0.129.